The van der Waals surface area contributed by atoms with E-state index in [4.69, 9.17) is 34.8 Å². The lowest BCUT2D eigenvalue weighted by molar-refractivity contribution is -0.113. The maximum absolute atomic E-state index is 12.4. The van der Waals surface area contributed by atoms with E-state index in [9.17, 15) is 4.79 Å². The van der Waals surface area contributed by atoms with Crippen LogP contribution in [-0.2, 0) is 11.3 Å². The Labute approximate surface area is 188 Å². The van der Waals surface area contributed by atoms with Gasteiger partial charge in [0.1, 0.15) is 0 Å². The average Bonchev–Trinajstić information content (AvgIpc) is 3.06. The number of carbonyl (C=O) groups excluding carboxylic acids is 1. The van der Waals surface area contributed by atoms with Crippen LogP contribution in [0.4, 0.5) is 5.69 Å². The fourth-order valence-corrected chi connectivity index (χ4v) is 3.88. The van der Waals surface area contributed by atoms with E-state index in [1.165, 1.54) is 11.8 Å². The highest BCUT2D eigenvalue weighted by Crippen LogP contribution is 2.30. The fourth-order valence-electron chi connectivity index (χ4n) is 2.65. The molecule has 0 aliphatic carbocycles. The Hall–Kier alpha value is -1.73. The second kappa shape index (κ2) is 9.85. The summed E-state index contributed by atoms with van der Waals surface area (Å²) in [4.78, 5) is 12.4. The molecule has 0 aliphatic rings. The van der Waals surface area contributed by atoms with Gasteiger partial charge >= 0.3 is 0 Å². The summed E-state index contributed by atoms with van der Waals surface area (Å²) in [7, 11) is 0. The lowest BCUT2D eigenvalue weighted by Crippen LogP contribution is -2.15. The van der Waals surface area contributed by atoms with Gasteiger partial charge in [-0.15, -0.1) is 10.2 Å². The van der Waals surface area contributed by atoms with Crippen LogP contribution < -0.4 is 5.32 Å². The molecule has 29 heavy (non-hydrogen) atoms. The second-order valence-electron chi connectivity index (χ2n) is 6.76. The summed E-state index contributed by atoms with van der Waals surface area (Å²) in [5.74, 6) is 1.10. The molecule has 0 unspecified atom stereocenters. The summed E-state index contributed by atoms with van der Waals surface area (Å²) < 4.78 is 2.03. The summed E-state index contributed by atoms with van der Waals surface area (Å²) in [6.45, 7) is 4.97. The molecule has 2 aromatic carbocycles. The summed E-state index contributed by atoms with van der Waals surface area (Å²) >= 11 is 19.4. The van der Waals surface area contributed by atoms with E-state index >= 15 is 0 Å². The first-order valence-corrected chi connectivity index (χ1v) is 11.0. The number of halogens is 3. The third-order valence-corrected chi connectivity index (χ3v) is 5.96. The van der Waals surface area contributed by atoms with Crippen molar-refractivity contribution >= 4 is 58.2 Å². The van der Waals surface area contributed by atoms with Crippen LogP contribution in [0.5, 0.6) is 0 Å². The van der Waals surface area contributed by atoms with Crippen LogP contribution in [0.2, 0.25) is 15.1 Å². The molecule has 3 aromatic rings. The highest BCUT2D eigenvalue weighted by molar-refractivity contribution is 7.99. The van der Waals surface area contributed by atoms with Crippen molar-refractivity contribution in [3.8, 4) is 11.4 Å². The van der Waals surface area contributed by atoms with Gasteiger partial charge in [-0.1, -0.05) is 66.5 Å². The van der Waals surface area contributed by atoms with E-state index in [2.05, 4.69) is 29.4 Å². The van der Waals surface area contributed by atoms with Crippen molar-refractivity contribution in [2.24, 2.45) is 5.92 Å². The lowest BCUT2D eigenvalue weighted by Gasteiger charge is -2.13. The molecule has 0 radical (unpaired) electrons. The number of hydrogen-bond donors (Lipinski definition) is 1. The van der Waals surface area contributed by atoms with Crippen molar-refractivity contribution in [1.82, 2.24) is 14.8 Å². The van der Waals surface area contributed by atoms with E-state index in [0.29, 0.717) is 31.8 Å². The van der Waals surface area contributed by atoms with Crippen molar-refractivity contribution in [2.45, 2.75) is 25.5 Å². The Morgan fingerprint density at radius 1 is 1.10 bits per heavy atom. The first-order valence-electron chi connectivity index (χ1n) is 8.91. The van der Waals surface area contributed by atoms with E-state index < -0.39 is 0 Å². The molecule has 5 nitrogen and oxygen atoms in total. The zero-order valence-electron chi connectivity index (χ0n) is 15.8. The van der Waals surface area contributed by atoms with Crippen LogP contribution >= 0.6 is 46.6 Å². The van der Waals surface area contributed by atoms with Crippen molar-refractivity contribution in [2.75, 3.05) is 11.1 Å². The highest BCUT2D eigenvalue weighted by atomic mass is 35.5. The monoisotopic (exact) mass is 468 g/mol. The van der Waals surface area contributed by atoms with Gasteiger partial charge in [-0.25, -0.2) is 0 Å². The SMILES string of the molecule is CC(C)Cn1c(SCC(=O)Nc2cccc(Cl)c2Cl)nnc1-c1ccc(Cl)cc1. The minimum Gasteiger partial charge on any atom is -0.324 e. The molecule has 152 valence electrons. The summed E-state index contributed by atoms with van der Waals surface area (Å²) in [5.41, 5.74) is 1.40. The van der Waals surface area contributed by atoms with E-state index in [1.807, 2.05) is 28.8 Å². The Kier molecular flexibility index (Phi) is 7.46. The molecule has 1 heterocycles. The van der Waals surface area contributed by atoms with E-state index in [0.717, 1.165) is 17.9 Å². The summed E-state index contributed by atoms with van der Waals surface area (Å²) in [6, 6.07) is 12.6. The molecule has 1 aromatic heterocycles. The third-order valence-electron chi connectivity index (χ3n) is 3.93. The molecule has 0 saturated heterocycles. The molecule has 1 amide bonds. The molecule has 0 saturated carbocycles. The van der Waals surface area contributed by atoms with Crippen molar-refractivity contribution in [1.29, 1.82) is 0 Å². The van der Waals surface area contributed by atoms with Gasteiger partial charge in [-0.2, -0.15) is 0 Å². The predicted octanol–water partition coefficient (Wildman–Crippen LogP) is 6.29. The van der Waals surface area contributed by atoms with Crippen LogP contribution in [0, 0.1) is 5.92 Å². The molecule has 0 bridgehead atoms. The smallest absolute Gasteiger partial charge is 0.234 e. The Balaban J connectivity index is 1.75. The first kappa shape index (κ1) is 22.0. The zero-order chi connectivity index (χ0) is 21.0. The van der Waals surface area contributed by atoms with Crippen molar-refractivity contribution < 1.29 is 4.79 Å². The maximum Gasteiger partial charge on any atom is 0.234 e. The van der Waals surface area contributed by atoms with Gasteiger partial charge in [0.05, 0.1) is 21.5 Å². The molecule has 0 atom stereocenters. The number of anilines is 1. The molecule has 1 N–H and O–H groups in total. The van der Waals surface area contributed by atoms with Crippen molar-refractivity contribution in [3.63, 3.8) is 0 Å². The van der Waals surface area contributed by atoms with Crippen LogP contribution in [-0.4, -0.2) is 26.4 Å². The normalized spacial score (nSPS) is 11.1. The fraction of sp³-hybridized carbons (Fsp3) is 0.250. The van der Waals surface area contributed by atoms with Gasteiger partial charge in [-0.05, 0) is 42.3 Å². The molecule has 0 fully saturated rings. The standard InChI is InChI=1S/C20H19Cl3N4OS/c1-12(2)10-27-19(13-6-8-14(21)9-7-13)25-26-20(27)29-11-17(28)24-16-5-3-4-15(22)18(16)23/h3-9,12H,10-11H2,1-2H3,(H,24,28). The number of benzene rings is 2. The van der Waals surface area contributed by atoms with Gasteiger partial charge in [0, 0.05) is 17.1 Å². The molecular formula is C20H19Cl3N4OS. The molecule has 9 heteroatoms. The number of amides is 1. The maximum atomic E-state index is 12.4. The number of rotatable bonds is 7. The molecular weight excluding hydrogens is 451 g/mol. The van der Waals surface area contributed by atoms with Gasteiger partial charge in [0.2, 0.25) is 5.91 Å². The summed E-state index contributed by atoms with van der Waals surface area (Å²) in [5, 5.41) is 13.5. The second-order valence-corrected chi connectivity index (χ2v) is 8.92. The topological polar surface area (TPSA) is 59.8 Å². The zero-order valence-corrected chi connectivity index (χ0v) is 18.9. The first-order chi connectivity index (χ1) is 13.8. The quantitative estimate of drug-likeness (QED) is 0.413. The van der Waals surface area contributed by atoms with Gasteiger partial charge < -0.3 is 9.88 Å². The highest BCUT2D eigenvalue weighted by Gasteiger charge is 2.17. The lowest BCUT2D eigenvalue weighted by atomic mass is 10.2. The summed E-state index contributed by atoms with van der Waals surface area (Å²) in [6.07, 6.45) is 0. The molecule has 3 rings (SSSR count). The van der Waals surface area contributed by atoms with Crippen LogP contribution in [0.15, 0.2) is 47.6 Å². The van der Waals surface area contributed by atoms with Gasteiger partial charge in [0.15, 0.2) is 11.0 Å². The largest absolute Gasteiger partial charge is 0.324 e. The number of nitrogens with one attached hydrogen (secondary N) is 1. The minimum absolute atomic E-state index is 0.166. The Morgan fingerprint density at radius 2 is 1.83 bits per heavy atom. The number of nitrogens with zero attached hydrogens (tertiary/aromatic N) is 3. The van der Waals surface area contributed by atoms with Gasteiger partial charge in [0.25, 0.3) is 0 Å². The number of carbonyl (C=O) groups is 1. The van der Waals surface area contributed by atoms with Gasteiger partial charge in [-0.3, -0.25) is 4.79 Å². The third kappa shape index (κ3) is 5.66. The van der Waals surface area contributed by atoms with E-state index in [1.54, 1.807) is 18.2 Å². The molecule has 0 spiro atoms. The van der Waals surface area contributed by atoms with E-state index in [-0.39, 0.29) is 11.7 Å². The number of thioether (sulfide) groups is 1. The average molecular weight is 470 g/mol. The number of hydrogen-bond acceptors (Lipinski definition) is 4. The predicted molar refractivity (Wildman–Crippen MR) is 121 cm³/mol. The molecule has 0 aliphatic heterocycles. The van der Waals surface area contributed by atoms with Crippen LogP contribution in [0.3, 0.4) is 0 Å². The van der Waals surface area contributed by atoms with Crippen molar-refractivity contribution in [3.05, 3.63) is 57.5 Å². The Morgan fingerprint density at radius 3 is 2.52 bits per heavy atom. The van der Waals surface area contributed by atoms with Crippen LogP contribution in [0.25, 0.3) is 11.4 Å². The minimum atomic E-state index is -0.202. The van der Waals surface area contributed by atoms with Crippen LogP contribution in [0.1, 0.15) is 13.8 Å². The number of aromatic nitrogens is 3. The Bertz CT molecular complexity index is 1010.